The SMILES string of the molecule is CCCN(CCC)C(=O)CCCC(=O)NCc1ccc(N2CC(C)OC(C)C2)nc1. The van der Waals surface area contributed by atoms with Crippen LogP contribution < -0.4 is 10.2 Å². The van der Waals surface area contributed by atoms with Crippen molar-refractivity contribution in [1.82, 2.24) is 15.2 Å². The summed E-state index contributed by atoms with van der Waals surface area (Å²) >= 11 is 0. The Morgan fingerprint density at radius 1 is 1.13 bits per heavy atom. The molecule has 2 unspecified atom stereocenters. The predicted octanol–water partition coefficient (Wildman–Crippen LogP) is 3.13. The molecule has 1 aromatic heterocycles. The van der Waals surface area contributed by atoms with E-state index in [4.69, 9.17) is 4.74 Å². The first-order chi connectivity index (χ1) is 14.4. The molecular formula is C23H38N4O3. The lowest BCUT2D eigenvalue weighted by Crippen LogP contribution is -2.45. The van der Waals surface area contributed by atoms with Crippen LogP contribution in [0.25, 0.3) is 0 Å². The van der Waals surface area contributed by atoms with E-state index in [9.17, 15) is 9.59 Å². The van der Waals surface area contributed by atoms with E-state index >= 15 is 0 Å². The van der Waals surface area contributed by atoms with Crippen LogP contribution in [0.1, 0.15) is 65.4 Å². The Kier molecular flexibility index (Phi) is 10.1. The largest absolute Gasteiger partial charge is 0.372 e. The number of nitrogens with one attached hydrogen (secondary N) is 1. The van der Waals surface area contributed by atoms with Crippen molar-refractivity contribution in [2.75, 3.05) is 31.1 Å². The molecule has 1 aliphatic heterocycles. The molecule has 7 nitrogen and oxygen atoms in total. The van der Waals surface area contributed by atoms with Gasteiger partial charge in [-0.05, 0) is 44.7 Å². The maximum absolute atomic E-state index is 12.3. The molecule has 30 heavy (non-hydrogen) atoms. The van der Waals surface area contributed by atoms with Gasteiger partial charge < -0.3 is 19.9 Å². The van der Waals surface area contributed by atoms with Crippen molar-refractivity contribution in [3.8, 4) is 0 Å². The molecule has 0 saturated carbocycles. The van der Waals surface area contributed by atoms with E-state index in [1.54, 1.807) is 0 Å². The first-order valence-electron chi connectivity index (χ1n) is 11.3. The predicted molar refractivity (Wildman–Crippen MR) is 119 cm³/mol. The van der Waals surface area contributed by atoms with E-state index in [1.807, 2.05) is 23.2 Å². The molecule has 0 radical (unpaired) electrons. The monoisotopic (exact) mass is 418 g/mol. The second-order valence-electron chi connectivity index (χ2n) is 8.20. The summed E-state index contributed by atoms with van der Waals surface area (Å²) in [6.45, 7) is 12.0. The van der Waals surface area contributed by atoms with Gasteiger partial charge in [0.05, 0.1) is 12.2 Å². The summed E-state index contributed by atoms with van der Waals surface area (Å²) in [5.41, 5.74) is 0.967. The third kappa shape index (κ3) is 7.94. The lowest BCUT2D eigenvalue weighted by molar-refractivity contribution is -0.131. The first kappa shape index (κ1) is 24.1. The number of nitrogens with zero attached hydrogens (tertiary/aromatic N) is 3. The van der Waals surface area contributed by atoms with Crippen LogP contribution in [-0.4, -0.2) is 60.1 Å². The van der Waals surface area contributed by atoms with Gasteiger partial charge in [-0.1, -0.05) is 19.9 Å². The summed E-state index contributed by atoms with van der Waals surface area (Å²) in [5, 5.41) is 2.93. The van der Waals surface area contributed by atoms with Gasteiger partial charge in [0, 0.05) is 51.8 Å². The number of carbonyl (C=O) groups excluding carboxylic acids is 2. The van der Waals surface area contributed by atoms with Crippen LogP contribution in [0.15, 0.2) is 18.3 Å². The zero-order valence-electron chi connectivity index (χ0n) is 19.0. The number of aromatic nitrogens is 1. The summed E-state index contributed by atoms with van der Waals surface area (Å²) in [7, 11) is 0. The Morgan fingerprint density at radius 3 is 2.37 bits per heavy atom. The number of anilines is 1. The van der Waals surface area contributed by atoms with Gasteiger partial charge >= 0.3 is 0 Å². The number of hydrogen-bond acceptors (Lipinski definition) is 5. The van der Waals surface area contributed by atoms with E-state index in [1.165, 1.54) is 0 Å². The van der Waals surface area contributed by atoms with Gasteiger partial charge in [-0.2, -0.15) is 0 Å². The topological polar surface area (TPSA) is 74.8 Å². The van der Waals surface area contributed by atoms with Gasteiger partial charge in [0.1, 0.15) is 5.82 Å². The van der Waals surface area contributed by atoms with Crippen LogP contribution >= 0.6 is 0 Å². The number of pyridine rings is 1. The molecule has 0 aromatic carbocycles. The van der Waals surface area contributed by atoms with Crippen LogP contribution in [0.5, 0.6) is 0 Å². The fourth-order valence-corrected chi connectivity index (χ4v) is 3.82. The minimum absolute atomic E-state index is 0.0276. The van der Waals surface area contributed by atoms with E-state index < -0.39 is 0 Å². The molecule has 0 bridgehead atoms. The Labute approximate surface area is 181 Å². The molecule has 0 spiro atoms. The molecular weight excluding hydrogens is 380 g/mol. The second-order valence-corrected chi connectivity index (χ2v) is 8.20. The van der Waals surface area contributed by atoms with Crippen LogP contribution in [0.4, 0.5) is 5.82 Å². The van der Waals surface area contributed by atoms with Crippen molar-refractivity contribution < 1.29 is 14.3 Å². The molecule has 7 heteroatoms. The first-order valence-corrected chi connectivity index (χ1v) is 11.3. The van der Waals surface area contributed by atoms with E-state index in [-0.39, 0.29) is 24.0 Å². The van der Waals surface area contributed by atoms with E-state index in [2.05, 4.69) is 42.9 Å². The molecule has 2 amide bonds. The van der Waals surface area contributed by atoms with E-state index in [0.717, 1.165) is 50.4 Å². The minimum Gasteiger partial charge on any atom is -0.372 e. The third-order valence-corrected chi connectivity index (χ3v) is 5.18. The van der Waals surface area contributed by atoms with Crippen LogP contribution in [0, 0.1) is 0 Å². The van der Waals surface area contributed by atoms with Crippen molar-refractivity contribution >= 4 is 17.6 Å². The molecule has 1 N–H and O–H groups in total. The number of amides is 2. The highest BCUT2D eigenvalue weighted by Crippen LogP contribution is 2.18. The summed E-state index contributed by atoms with van der Waals surface area (Å²) in [6, 6.07) is 4.01. The fourth-order valence-electron chi connectivity index (χ4n) is 3.82. The zero-order valence-corrected chi connectivity index (χ0v) is 19.0. The Bertz CT molecular complexity index is 649. The zero-order chi connectivity index (χ0) is 21.9. The smallest absolute Gasteiger partial charge is 0.222 e. The van der Waals surface area contributed by atoms with Crippen molar-refractivity contribution in [3.63, 3.8) is 0 Å². The third-order valence-electron chi connectivity index (χ3n) is 5.18. The molecule has 1 aliphatic rings. The number of ether oxygens (including phenoxy) is 1. The molecule has 2 atom stereocenters. The van der Waals surface area contributed by atoms with Crippen molar-refractivity contribution in [1.29, 1.82) is 0 Å². The standard InChI is InChI=1S/C23H38N4O3/c1-5-12-26(13-6-2)23(29)9-7-8-22(28)25-15-20-10-11-21(24-14-20)27-16-18(3)30-19(4)17-27/h10-11,14,18-19H,5-9,12-13,15-17H2,1-4H3,(H,25,28). The van der Waals surface area contributed by atoms with Gasteiger partial charge in [-0.15, -0.1) is 0 Å². The second kappa shape index (κ2) is 12.5. The molecule has 168 valence electrons. The summed E-state index contributed by atoms with van der Waals surface area (Å²) < 4.78 is 5.77. The average Bonchev–Trinajstić information content (AvgIpc) is 2.71. The van der Waals surface area contributed by atoms with Gasteiger partial charge in [-0.25, -0.2) is 4.98 Å². The maximum atomic E-state index is 12.3. The number of morpholine rings is 1. The lowest BCUT2D eigenvalue weighted by Gasteiger charge is -2.36. The van der Waals surface area contributed by atoms with Crippen molar-refractivity contribution in [3.05, 3.63) is 23.9 Å². The average molecular weight is 419 g/mol. The van der Waals surface area contributed by atoms with Gasteiger partial charge in [-0.3, -0.25) is 9.59 Å². The lowest BCUT2D eigenvalue weighted by atomic mass is 10.2. The van der Waals surface area contributed by atoms with Crippen molar-refractivity contribution in [2.24, 2.45) is 0 Å². The summed E-state index contributed by atoms with van der Waals surface area (Å²) in [5.74, 6) is 1.06. The molecule has 1 saturated heterocycles. The Hall–Kier alpha value is -2.15. The highest BCUT2D eigenvalue weighted by molar-refractivity contribution is 5.79. The normalized spacial score (nSPS) is 18.9. The molecule has 1 aromatic rings. The van der Waals surface area contributed by atoms with Gasteiger partial charge in [0.25, 0.3) is 0 Å². The van der Waals surface area contributed by atoms with Crippen LogP contribution in [-0.2, 0) is 20.9 Å². The highest BCUT2D eigenvalue weighted by Gasteiger charge is 2.23. The highest BCUT2D eigenvalue weighted by atomic mass is 16.5. The van der Waals surface area contributed by atoms with Gasteiger partial charge in [0.15, 0.2) is 0 Å². The van der Waals surface area contributed by atoms with Crippen molar-refractivity contribution in [2.45, 2.75) is 78.6 Å². The molecule has 1 fully saturated rings. The number of hydrogen-bond donors (Lipinski definition) is 1. The Morgan fingerprint density at radius 2 is 1.80 bits per heavy atom. The fraction of sp³-hybridized carbons (Fsp3) is 0.696. The Balaban J connectivity index is 1.71. The number of carbonyl (C=O) groups is 2. The minimum atomic E-state index is -0.0276. The molecule has 2 heterocycles. The molecule has 0 aliphatic carbocycles. The van der Waals surface area contributed by atoms with Gasteiger partial charge in [0.2, 0.25) is 11.8 Å². The maximum Gasteiger partial charge on any atom is 0.222 e. The quantitative estimate of drug-likeness (QED) is 0.598. The van der Waals surface area contributed by atoms with E-state index in [0.29, 0.717) is 25.8 Å². The number of rotatable bonds is 11. The summed E-state index contributed by atoms with van der Waals surface area (Å²) in [6.07, 6.45) is 5.50. The summed E-state index contributed by atoms with van der Waals surface area (Å²) in [4.78, 5) is 33.1. The van der Waals surface area contributed by atoms with Crippen LogP contribution in [0.3, 0.4) is 0 Å². The van der Waals surface area contributed by atoms with Crippen LogP contribution in [0.2, 0.25) is 0 Å². The molecule has 2 rings (SSSR count).